The van der Waals surface area contributed by atoms with E-state index in [1.54, 1.807) is 15.8 Å². The van der Waals surface area contributed by atoms with E-state index in [2.05, 4.69) is 5.10 Å². The molecular formula is C12H20N4O. The van der Waals surface area contributed by atoms with E-state index in [9.17, 15) is 4.79 Å². The van der Waals surface area contributed by atoms with Gasteiger partial charge in [-0.25, -0.2) is 0 Å². The Balaban J connectivity index is 2.03. The summed E-state index contributed by atoms with van der Waals surface area (Å²) in [6.07, 6.45) is 5.88. The molecule has 0 aromatic carbocycles. The third-order valence-electron chi connectivity index (χ3n) is 3.53. The maximum atomic E-state index is 12.3. The number of amides is 1. The van der Waals surface area contributed by atoms with Crippen LogP contribution >= 0.6 is 0 Å². The van der Waals surface area contributed by atoms with Gasteiger partial charge in [-0.05, 0) is 31.7 Å². The SMILES string of the molecule is CC(C(=O)N(C)C(CN)C1CC1)n1cccn1. The Labute approximate surface area is 102 Å². The quantitative estimate of drug-likeness (QED) is 0.816. The number of hydrogen-bond acceptors (Lipinski definition) is 3. The summed E-state index contributed by atoms with van der Waals surface area (Å²) >= 11 is 0. The van der Waals surface area contributed by atoms with Crippen LogP contribution in [0.1, 0.15) is 25.8 Å². The molecule has 0 bridgehead atoms. The highest BCUT2D eigenvalue weighted by molar-refractivity contribution is 5.80. The first kappa shape index (κ1) is 12.1. The van der Waals surface area contributed by atoms with Crippen LogP contribution in [0.4, 0.5) is 0 Å². The van der Waals surface area contributed by atoms with Gasteiger partial charge >= 0.3 is 0 Å². The second kappa shape index (κ2) is 4.87. The third-order valence-corrected chi connectivity index (χ3v) is 3.53. The summed E-state index contributed by atoms with van der Waals surface area (Å²) in [5.74, 6) is 0.676. The summed E-state index contributed by atoms with van der Waals surface area (Å²) in [5, 5.41) is 4.10. The summed E-state index contributed by atoms with van der Waals surface area (Å²) in [6.45, 7) is 2.41. The molecule has 1 saturated carbocycles. The summed E-state index contributed by atoms with van der Waals surface area (Å²) in [7, 11) is 1.85. The van der Waals surface area contributed by atoms with Crippen molar-refractivity contribution in [3.63, 3.8) is 0 Å². The molecule has 1 aliphatic carbocycles. The Morgan fingerprint density at radius 2 is 2.35 bits per heavy atom. The number of aromatic nitrogens is 2. The number of hydrogen-bond donors (Lipinski definition) is 1. The second-order valence-corrected chi connectivity index (χ2v) is 4.75. The fourth-order valence-corrected chi connectivity index (χ4v) is 2.23. The highest BCUT2D eigenvalue weighted by Gasteiger charge is 2.36. The smallest absolute Gasteiger partial charge is 0.247 e. The van der Waals surface area contributed by atoms with Crippen molar-refractivity contribution in [2.45, 2.75) is 31.8 Å². The molecule has 1 aliphatic rings. The molecule has 2 unspecified atom stereocenters. The van der Waals surface area contributed by atoms with Crippen molar-refractivity contribution in [1.29, 1.82) is 0 Å². The molecule has 1 aromatic rings. The minimum absolute atomic E-state index is 0.0797. The second-order valence-electron chi connectivity index (χ2n) is 4.75. The molecule has 17 heavy (non-hydrogen) atoms. The largest absolute Gasteiger partial charge is 0.339 e. The molecule has 94 valence electrons. The van der Waals surface area contributed by atoms with Gasteiger partial charge in [0.1, 0.15) is 6.04 Å². The molecule has 0 saturated heterocycles. The van der Waals surface area contributed by atoms with E-state index in [1.807, 2.05) is 26.2 Å². The van der Waals surface area contributed by atoms with Crippen molar-refractivity contribution in [2.24, 2.45) is 11.7 Å². The van der Waals surface area contributed by atoms with Gasteiger partial charge in [-0.2, -0.15) is 5.10 Å². The summed E-state index contributed by atoms with van der Waals surface area (Å²) < 4.78 is 1.68. The van der Waals surface area contributed by atoms with Crippen LogP contribution in [0.2, 0.25) is 0 Å². The fraction of sp³-hybridized carbons (Fsp3) is 0.667. The first-order valence-electron chi connectivity index (χ1n) is 6.11. The highest BCUT2D eigenvalue weighted by Crippen LogP contribution is 2.35. The highest BCUT2D eigenvalue weighted by atomic mass is 16.2. The molecule has 5 nitrogen and oxygen atoms in total. The predicted molar refractivity (Wildman–Crippen MR) is 65.3 cm³/mol. The first-order chi connectivity index (χ1) is 8.15. The summed E-state index contributed by atoms with van der Waals surface area (Å²) in [5.41, 5.74) is 5.75. The van der Waals surface area contributed by atoms with Crippen LogP contribution in [0, 0.1) is 5.92 Å². The molecule has 0 radical (unpaired) electrons. The van der Waals surface area contributed by atoms with Crippen LogP contribution < -0.4 is 5.73 Å². The van der Waals surface area contributed by atoms with Crippen molar-refractivity contribution >= 4 is 5.91 Å². The van der Waals surface area contributed by atoms with E-state index >= 15 is 0 Å². The van der Waals surface area contributed by atoms with Crippen molar-refractivity contribution in [3.05, 3.63) is 18.5 Å². The third kappa shape index (κ3) is 2.49. The van der Waals surface area contributed by atoms with E-state index in [-0.39, 0.29) is 18.0 Å². The Morgan fingerprint density at radius 1 is 1.65 bits per heavy atom. The minimum Gasteiger partial charge on any atom is -0.339 e. The first-order valence-corrected chi connectivity index (χ1v) is 6.11. The molecule has 5 heteroatoms. The van der Waals surface area contributed by atoms with E-state index in [1.165, 1.54) is 12.8 Å². The topological polar surface area (TPSA) is 64.2 Å². The summed E-state index contributed by atoms with van der Waals surface area (Å²) in [6, 6.07) is 1.74. The minimum atomic E-state index is -0.261. The molecule has 2 rings (SSSR count). The Hall–Kier alpha value is -1.36. The Kier molecular flexibility index (Phi) is 3.47. The van der Waals surface area contributed by atoms with Crippen LogP contribution in [-0.4, -0.2) is 40.2 Å². The van der Waals surface area contributed by atoms with Crippen molar-refractivity contribution in [3.8, 4) is 0 Å². The molecule has 0 aliphatic heterocycles. The fourth-order valence-electron chi connectivity index (χ4n) is 2.23. The number of nitrogens with two attached hydrogens (primary N) is 1. The van der Waals surface area contributed by atoms with Gasteiger partial charge in [-0.15, -0.1) is 0 Å². The van der Waals surface area contributed by atoms with Gasteiger partial charge in [0.2, 0.25) is 5.91 Å². The van der Waals surface area contributed by atoms with Crippen molar-refractivity contribution in [1.82, 2.24) is 14.7 Å². The van der Waals surface area contributed by atoms with Crippen LogP contribution in [-0.2, 0) is 4.79 Å². The van der Waals surface area contributed by atoms with Gasteiger partial charge in [0.15, 0.2) is 0 Å². The maximum absolute atomic E-state index is 12.3. The monoisotopic (exact) mass is 236 g/mol. The summed E-state index contributed by atoms with van der Waals surface area (Å²) in [4.78, 5) is 14.1. The molecular weight excluding hydrogens is 216 g/mol. The normalized spacial score (nSPS) is 18.8. The lowest BCUT2D eigenvalue weighted by Gasteiger charge is -2.29. The number of rotatable bonds is 5. The van der Waals surface area contributed by atoms with Crippen LogP contribution in [0.25, 0.3) is 0 Å². The number of carbonyl (C=O) groups is 1. The van der Waals surface area contributed by atoms with E-state index in [0.717, 1.165) is 0 Å². The Bertz CT molecular complexity index is 372. The Morgan fingerprint density at radius 3 is 2.82 bits per heavy atom. The molecule has 1 aromatic heterocycles. The van der Waals surface area contributed by atoms with Gasteiger partial charge in [0, 0.05) is 32.0 Å². The van der Waals surface area contributed by atoms with E-state index in [4.69, 9.17) is 5.73 Å². The van der Waals surface area contributed by atoms with Gasteiger partial charge in [0.05, 0.1) is 0 Å². The lowest BCUT2D eigenvalue weighted by Crippen LogP contribution is -2.45. The molecule has 1 fully saturated rings. The zero-order valence-corrected chi connectivity index (χ0v) is 10.4. The molecule has 1 amide bonds. The predicted octanol–water partition coefficient (Wildman–Crippen LogP) is 0.640. The van der Waals surface area contributed by atoms with E-state index < -0.39 is 0 Å². The number of carbonyl (C=O) groups excluding carboxylic acids is 1. The van der Waals surface area contributed by atoms with Gasteiger partial charge in [-0.3, -0.25) is 9.48 Å². The standard InChI is InChI=1S/C12H20N4O/c1-9(16-7-3-6-14-16)12(17)15(2)11(8-13)10-4-5-10/h3,6-7,9-11H,4-5,8,13H2,1-2H3. The molecule has 2 atom stereocenters. The van der Waals surface area contributed by atoms with Gasteiger partial charge in [0.25, 0.3) is 0 Å². The number of nitrogens with zero attached hydrogens (tertiary/aromatic N) is 3. The van der Waals surface area contributed by atoms with Crippen molar-refractivity contribution < 1.29 is 4.79 Å². The zero-order chi connectivity index (χ0) is 12.4. The lowest BCUT2D eigenvalue weighted by molar-refractivity contribution is -0.135. The lowest BCUT2D eigenvalue weighted by atomic mass is 10.1. The van der Waals surface area contributed by atoms with Crippen LogP contribution in [0.5, 0.6) is 0 Å². The van der Waals surface area contributed by atoms with Crippen molar-refractivity contribution in [2.75, 3.05) is 13.6 Å². The average molecular weight is 236 g/mol. The molecule has 0 spiro atoms. The zero-order valence-electron chi connectivity index (χ0n) is 10.4. The van der Waals surface area contributed by atoms with E-state index in [0.29, 0.717) is 12.5 Å². The number of likely N-dealkylation sites (N-methyl/N-ethyl adjacent to an activating group) is 1. The van der Waals surface area contributed by atoms with Gasteiger partial charge in [-0.1, -0.05) is 0 Å². The molecule has 2 N–H and O–H groups in total. The van der Waals surface area contributed by atoms with Gasteiger partial charge < -0.3 is 10.6 Å². The average Bonchev–Trinajstić information content (AvgIpc) is 3.01. The van der Waals surface area contributed by atoms with Crippen LogP contribution in [0.3, 0.4) is 0 Å². The maximum Gasteiger partial charge on any atom is 0.247 e. The van der Waals surface area contributed by atoms with Crippen LogP contribution in [0.15, 0.2) is 18.5 Å². The molecule has 1 heterocycles.